The van der Waals surface area contributed by atoms with Crippen LogP contribution in [0.15, 0.2) is 70.9 Å². The van der Waals surface area contributed by atoms with Gasteiger partial charge in [-0.3, -0.25) is 19.2 Å². The third-order valence-electron chi connectivity index (χ3n) is 6.23. The molecule has 3 aromatic carbocycles. The summed E-state index contributed by atoms with van der Waals surface area (Å²) in [5.74, 6) is -1.22. The van der Waals surface area contributed by atoms with Crippen molar-refractivity contribution < 1.29 is 19.2 Å². The number of anilines is 2. The van der Waals surface area contributed by atoms with E-state index >= 15 is 0 Å². The summed E-state index contributed by atoms with van der Waals surface area (Å²) in [5, 5.41) is 13.5. The van der Waals surface area contributed by atoms with E-state index in [1.807, 2.05) is 64.1 Å². The molecule has 0 aliphatic rings. The molecule has 0 aromatic heterocycles. The lowest BCUT2D eigenvalue weighted by molar-refractivity contribution is -0.124. The number of hydrogen-bond acceptors (Lipinski definition) is 6. The van der Waals surface area contributed by atoms with Gasteiger partial charge in [-0.25, -0.2) is 10.9 Å². The van der Waals surface area contributed by atoms with Crippen molar-refractivity contribution >= 4 is 47.4 Å². The average molecular weight is 569 g/mol. The first-order valence-electron chi connectivity index (χ1n) is 13.6. The van der Waals surface area contributed by atoms with Crippen molar-refractivity contribution in [2.75, 3.05) is 10.6 Å². The molecule has 4 amide bonds. The lowest BCUT2D eigenvalue weighted by Crippen LogP contribution is -2.21. The number of nitrogens with one attached hydrogen (secondary N) is 4. The Hall–Kier alpha value is -5.12. The summed E-state index contributed by atoms with van der Waals surface area (Å²) in [6.45, 7) is 7.71. The average Bonchev–Trinajstić information content (AvgIpc) is 2.95. The van der Waals surface area contributed by atoms with Crippen LogP contribution >= 0.6 is 0 Å². The van der Waals surface area contributed by atoms with Gasteiger partial charge < -0.3 is 10.6 Å². The molecular weight excluding hydrogens is 532 g/mol. The molecule has 0 radical (unpaired) electrons. The summed E-state index contributed by atoms with van der Waals surface area (Å²) in [7, 11) is 0. The van der Waals surface area contributed by atoms with Crippen molar-refractivity contribution in [2.24, 2.45) is 10.2 Å². The van der Waals surface area contributed by atoms with Crippen LogP contribution in [-0.4, -0.2) is 36.1 Å². The molecule has 0 unspecified atom stereocenters. The van der Waals surface area contributed by atoms with Crippen LogP contribution in [0, 0.1) is 27.7 Å². The van der Waals surface area contributed by atoms with Crippen LogP contribution in [0.25, 0.3) is 0 Å². The molecule has 4 N–H and O–H groups in total. The van der Waals surface area contributed by atoms with E-state index in [0.717, 1.165) is 44.8 Å². The Morgan fingerprint density at radius 3 is 1.29 bits per heavy atom. The molecule has 10 heteroatoms. The number of aryl methyl sites for hydroxylation is 4. The van der Waals surface area contributed by atoms with Crippen LogP contribution in [0.4, 0.5) is 11.4 Å². The fourth-order valence-electron chi connectivity index (χ4n) is 3.76. The molecule has 0 aliphatic carbocycles. The molecule has 3 aromatic rings. The summed E-state index contributed by atoms with van der Waals surface area (Å²) < 4.78 is 0. The van der Waals surface area contributed by atoms with Gasteiger partial charge in [-0.2, -0.15) is 10.2 Å². The minimum absolute atomic E-state index is 0.00618. The van der Waals surface area contributed by atoms with Crippen molar-refractivity contribution in [3.8, 4) is 0 Å². The third-order valence-corrected chi connectivity index (χ3v) is 6.23. The summed E-state index contributed by atoms with van der Waals surface area (Å²) in [4.78, 5) is 48.5. The standard InChI is InChI=1S/C32H36N6O4/c1-21-5-7-23(3)27(17-21)35-29(39)13-15-31(41)37-33-19-25-9-11-26(12-10-25)20-34-38-32(42)16-14-30(40)36-28-18-22(2)6-8-24(28)4/h5-12,17-20H,13-16H2,1-4H3,(H,35,39)(H,36,40)(H,37,41)(H,38,42)/b33-19-,34-20-. The second-order valence-electron chi connectivity index (χ2n) is 9.99. The lowest BCUT2D eigenvalue weighted by Gasteiger charge is -2.09. The Kier molecular flexibility index (Phi) is 11.7. The van der Waals surface area contributed by atoms with E-state index in [4.69, 9.17) is 0 Å². The first-order valence-corrected chi connectivity index (χ1v) is 13.6. The van der Waals surface area contributed by atoms with Gasteiger partial charge in [-0.15, -0.1) is 0 Å². The minimum Gasteiger partial charge on any atom is -0.326 e. The lowest BCUT2D eigenvalue weighted by atomic mass is 10.1. The first kappa shape index (κ1) is 31.4. The van der Waals surface area contributed by atoms with Crippen molar-refractivity contribution in [1.82, 2.24) is 10.9 Å². The van der Waals surface area contributed by atoms with E-state index in [1.54, 1.807) is 24.3 Å². The molecule has 0 spiro atoms. The second kappa shape index (κ2) is 15.6. The van der Waals surface area contributed by atoms with E-state index in [-0.39, 0.29) is 49.3 Å². The Labute approximate surface area is 245 Å². The number of rotatable bonds is 12. The number of benzene rings is 3. The van der Waals surface area contributed by atoms with E-state index in [9.17, 15) is 19.2 Å². The van der Waals surface area contributed by atoms with E-state index in [1.165, 1.54) is 12.4 Å². The van der Waals surface area contributed by atoms with Crippen LogP contribution in [0.1, 0.15) is 59.1 Å². The van der Waals surface area contributed by atoms with Crippen molar-refractivity contribution in [3.05, 3.63) is 94.0 Å². The van der Waals surface area contributed by atoms with Crippen LogP contribution < -0.4 is 21.5 Å². The summed E-state index contributed by atoms with van der Waals surface area (Å²) >= 11 is 0. The largest absolute Gasteiger partial charge is 0.326 e. The van der Waals surface area contributed by atoms with Gasteiger partial charge in [0.15, 0.2) is 0 Å². The van der Waals surface area contributed by atoms with Gasteiger partial charge in [0.1, 0.15) is 0 Å². The number of carbonyl (C=O) groups is 4. The topological polar surface area (TPSA) is 141 Å². The maximum atomic E-state index is 12.2. The smallest absolute Gasteiger partial charge is 0.240 e. The van der Waals surface area contributed by atoms with Gasteiger partial charge in [0.25, 0.3) is 0 Å². The number of hydrazone groups is 2. The molecular formula is C32H36N6O4. The highest BCUT2D eigenvalue weighted by atomic mass is 16.2. The first-order chi connectivity index (χ1) is 20.1. The fraction of sp³-hybridized carbons (Fsp3) is 0.250. The van der Waals surface area contributed by atoms with E-state index in [0.29, 0.717) is 0 Å². The Balaban J connectivity index is 1.34. The summed E-state index contributed by atoms with van der Waals surface area (Å²) in [6, 6.07) is 18.7. The number of nitrogens with zero attached hydrogens (tertiary/aromatic N) is 2. The molecule has 42 heavy (non-hydrogen) atoms. The third kappa shape index (κ3) is 10.8. The van der Waals surface area contributed by atoms with Crippen molar-refractivity contribution in [3.63, 3.8) is 0 Å². The quantitative estimate of drug-likeness (QED) is 0.186. The van der Waals surface area contributed by atoms with Crippen LogP contribution in [-0.2, 0) is 19.2 Å². The van der Waals surface area contributed by atoms with Gasteiger partial charge in [0, 0.05) is 37.1 Å². The van der Waals surface area contributed by atoms with Crippen molar-refractivity contribution in [1.29, 1.82) is 0 Å². The molecule has 0 saturated heterocycles. The zero-order valence-corrected chi connectivity index (χ0v) is 24.3. The maximum absolute atomic E-state index is 12.2. The maximum Gasteiger partial charge on any atom is 0.240 e. The molecule has 218 valence electrons. The minimum atomic E-state index is -0.371. The molecule has 0 heterocycles. The molecule has 0 aliphatic heterocycles. The van der Waals surface area contributed by atoms with E-state index < -0.39 is 0 Å². The Morgan fingerprint density at radius 2 is 0.905 bits per heavy atom. The SMILES string of the molecule is Cc1ccc(C)c(NC(=O)CCC(=O)N/N=C\c2ccc(/C=N\NC(=O)CCC(=O)Nc3cc(C)ccc3C)cc2)c1. The molecule has 0 fully saturated rings. The highest BCUT2D eigenvalue weighted by Crippen LogP contribution is 2.17. The van der Waals surface area contributed by atoms with Gasteiger partial charge in [0.05, 0.1) is 12.4 Å². The summed E-state index contributed by atoms with van der Waals surface area (Å²) in [5.41, 5.74) is 11.8. The number of hydrogen-bond donors (Lipinski definition) is 4. The predicted octanol–water partition coefficient (Wildman–Crippen LogP) is 4.66. The number of carbonyl (C=O) groups excluding carboxylic acids is 4. The van der Waals surface area contributed by atoms with Gasteiger partial charge in [-0.05, 0) is 73.2 Å². The van der Waals surface area contributed by atoms with Gasteiger partial charge >= 0.3 is 0 Å². The van der Waals surface area contributed by atoms with Crippen LogP contribution in [0.2, 0.25) is 0 Å². The number of amides is 4. The van der Waals surface area contributed by atoms with Crippen molar-refractivity contribution in [2.45, 2.75) is 53.4 Å². The van der Waals surface area contributed by atoms with Crippen LogP contribution in [0.5, 0.6) is 0 Å². The molecule has 0 atom stereocenters. The zero-order chi connectivity index (χ0) is 30.5. The fourth-order valence-corrected chi connectivity index (χ4v) is 3.76. The summed E-state index contributed by atoms with van der Waals surface area (Å²) in [6.07, 6.45) is 3.07. The zero-order valence-electron chi connectivity index (χ0n) is 24.3. The highest BCUT2D eigenvalue weighted by molar-refractivity contribution is 5.95. The van der Waals surface area contributed by atoms with Crippen LogP contribution in [0.3, 0.4) is 0 Å². The van der Waals surface area contributed by atoms with Gasteiger partial charge in [-0.1, -0.05) is 48.5 Å². The molecule has 10 nitrogen and oxygen atoms in total. The molecule has 3 rings (SSSR count). The normalized spacial score (nSPS) is 11.0. The second-order valence-corrected chi connectivity index (χ2v) is 9.99. The molecule has 0 bridgehead atoms. The van der Waals surface area contributed by atoms with Gasteiger partial charge in [0.2, 0.25) is 23.6 Å². The monoisotopic (exact) mass is 568 g/mol. The Morgan fingerprint density at radius 1 is 0.548 bits per heavy atom. The van der Waals surface area contributed by atoms with E-state index in [2.05, 4.69) is 31.7 Å². The Bertz CT molecular complexity index is 1380. The highest BCUT2D eigenvalue weighted by Gasteiger charge is 2.09. The molecule has 0 saturated carbocycles. The predicted molar refractivity (Wildman–Crippen MR) is 165 cm³/mol.